The van der Waals surface area contributed by atoms with Gasteiger partial charge in [0.05, 0.1) is 5.69 Å². The first-order valence-corrected chi connectivity index (χ1v) is 10.7. The SMILES string of the molecule is CCCCN(C(=O)c1ccccc1)C(=Nc1ccc(C(N)=O)cc1)NC(=O)c1ccccc1. The summed E-state index contributed by atoms with van der Waals surface area (Å²) in [7, 11) is 0. The van der Waals surface area contributed by atoms with Crippen LogP contribution in [-0.4, -0.2) is 35.1 Å². The minimum atomic E-state index is -0.549. The molecule has 3 aromatic carbocycles. The minimum Gasteiger partial charge on any atom is -0.366 e. The molecule has 33 heavy (non-hydrogen) atoms. The van der Waals surface area contributed by atoms with Gasteiger partial charge in [0.2, 0.25) is 11.9 Å². The number of nitrogens with zero attached hydrogens (tertiary/aromatic N) is 2. The van der Waals surface area contributed by atoms with Crippen LogP contribution in [0.5, 0.6) is 0 Å². The third-order valence-electron chi connectivity index (χ3n) is 4.90. The lowest BCUT2D eigenvalue weighted by atomic mass is 10.2. The summed E-state index contributed by atoms with van der Waals surface area (Å²) in [6.07, 6.45) is 1.57. The number of primary amides is 1. The number of rotatable bonds is 7. The van der Waals surface area contributed by atoms with E-state index in [2.05, 4.69) is 10.3 Å². The van der Waals surface area contributed by atoms with Crippen molar-refractivity contribution in [3.63, 3.8) is 0 Å². The zero-order valence-corrected chi connectivity index (χ0v) is 18.4. The fourth-order valence-electron chi connectivity index (χ4n) is 3.10. The van der Waals surface area contributed by atoms with E-state index in [1.807, 2.05) is 19.1 Å². The second kappa shape index (κ2) is 11.4. The lowest BCUT2D eigenvalue weighted by Crippen LogP contribution is -2.47. The summed E-state index contributed by atoms with van der Waals surface area (Å²) < 4.78 is 0. The second-order valence-corrected chi connectivity index (χ2v) is 7.34. The molecule has 0 bridgehead atoms. The van der Waals surface area contributed by atoms with Gasteiger partial charge in [0.25, 0.3) is 11.8 Å². The Morgan fingerprint density at radius 2 is 1.39 bits per heavy atom. The maximum absolute atomic E-state index is 13.4. The summed E-state index contributed by atoms with van der Waals surface area (Å²) in [4.78, 5) is 43.7. The van der Waals surface area contributed by atoms with Gasteiger partial charge in [-0.1, -0.05) is 49.7 Å². The summed E-state index contributed by atoms with van der Waals surface area (Å²) >= 11 is 0. The van der Waals surface area contributed by atoms with E-state index in [0.717, 1.165) is 12.8 Å². The van der Waals surface area contributed by atoms with Gasteiger partial charge < -0.3 is 5.73 Å². The Morgan fingerprint density at radius 3 is 1.94 bits per heavy atom. The highest BCUT2D eigenvalue weighted by Crippen LogP contribution is 2.16. The van der Waals surface area contributed by atoms with Crippen molar-refractivity contribution < 1.29 is 14.4 Å². The number of guanidine groups is 1. The number of nitrogens with two attached hydrogens (primary N) is 1. The van der Waals surface area contributed by atoms with Crippen LogP contribution in [0.15, 0.2) is 89.9 Å². The molecule has 0 aromatic heterocycles. The number of aliphatic imine (C=N–C) groups is 1. The third-order valence-corrected chi connectivity index (χ3v) is 4.90. The molecule has 0 heterocycles. The van der Waals surface area contributed by atoms with Crippen molar-refractivity contribution in [2.45, 2.75) is 19.8 Å². The van der Waals surface area contributed by atoms with Gasteiger partial charge in [0.1, 0.15) is 0 Å². The number of carbonyl (C=O) groups excluding carboxylic acids is 3. The standard InChI is InChI=1S/C26H26N4O3/c1-2-3-18-30(25(33)21-12-8-5-9-13-21)26(29-24(32)20-10-6-4-7-11-20)28-22-16-14-19(15-17-22)23(27)31/h4-17H,2-3,18H2,1H3,(H2,27,31)(H,28,29,32). The first kappa shape index (κ1) is 23.4. The molecule has 0 saturated heterocycles. The van der Waals surface area contributed by atoms with Crippen LogP contribution < -0.4 is 11.1 Å². The highest BCUT2D eigenvalue weighted by molar-refractivity contribution is 6.13. The molecule has 0 aliphatic heterocycles. The van der Waals surface area contributed by atoms with Crippen molar-refractivity contribution in [3.8, 4) is 0 Å². The highest BCUT2D eigenvalue weighted by atomic mass is 16.2. The molecule has 0 radical (unpaired) electrons. The number of amides is 3. The largest absolute Gasteiger partial charge is 0.366 e. The lowest BCUT2D eigenvalue weighted by Gasteiger charge is -2.25. The normalized spacial score (nSPS) is 11.0. The molecule has 0 unspecified atom stereocenters. The van der Waals surface area contributed by atoms with Crippen molar-refractivity contribution in [2.24, 2.45) is 10.7 Å². The van der Waals surface area contributed by atoms with Gasteiger partial charge in [-0.25, -0.2) is 4.99 Å². The zero-order valence-electron chi connectivity index (χ0n) is 18.4. The maximum atomic E-state index is 13.4. The Hall–Kier alpha value is -4.26. The van der Waals surface area contributed by atoms with Crippen molar-refractivity contribution in [3.05, 3.63) is 102 Å². The van der Waals surface area contributed by atoms with E-state index < -0.39 is 5.91 Å². The molecule has 0 fully saturated rings. The molecule has 0 aliphatic carbocycles. The third kappa shape index (κ3) is 6.36. The molecule has 168 valence electrons. The molecule has 3 rings (SSSR count). The van der Waals surface area contributed by atoms with Crippen molar-refractivity contribution in [2.75, 3.05) is 6.54 Å². The van der Waals surface area contributed by atoms with E-state index in [4.69, 9.17) is 5.73 Å². The van der Waals surface area contributed by atoms with Crippen LogP contribution in [0, 0.1) is 0 Å². The molecular weight excluding hydrogens is 416 g/mol. The van der Waals surface area contributed by atoms with Gasteiger partial charge in [-0.15, -0.1) is 0 Å². The molecule has 3 amide bonds. The van der Waals surface area contributed by atoms with E-state index >= 15 is 0 Å². The highest BCUT2D eigenvalue weighted by Gasteiger charge is 2.23. The van der Waals surface area contributed by atoms with E-state index in [0.29, 0.717) is 28.9 Å². The lowest BCUT2D eigenvalue weighted by molar-refractivity contribution is 0.0837. The number of hydrogen-bond donors (Lipinski definition) is 2. The minimum absolute atomic E-state index is 0.109. The summed E-state index contributed by atoms with van der Waals surface area (Å²) in [5.74, 6) is -1.10. The number of unbranched alkanes of at least 4 members (excludes halogenated alkanes) is 1. The van der Waals surface area contributed by atoms with Crippen LogP contribution in [0.2, 0.25) is 0 Å². The zero-order chi connectivity index (χ0) is 23.6. The molecule has 0 spiro atoms. The fraction of sp³-hybridized carbons (Fsp3) is 0.154. The topological polar surface area (TPSA) is 105 Å². The monoisotopic (exact) mass is 442 g/mol. The smallest absolute Gasteiger partial charge is 0.260 e. The van der Waals surface area contributed by atoms with Crippen LogP contribution in [0.1, 0.15) is 50.8 Å². The second-order valence-electron chi connectivity index (χ2n) is 7.34. The van der Waals surface area contributed by atoms with E-state index in [1.165, 1.54) is 4.90 Å². The number of hydrogen-bond acceptors (Lipinski definition) is 4. The number of carbonyl (C=O) groups is 3. The van der Waals surface area contributed by atoms with Gasteiger partial charge in [0, 0.05) is 23.2 Å². The number of benzene rings is 3. The van der Waals surface area contributed by atoms with Gasteiger partial charge >= 0.3 is 0 Å². The fourth-order valence-corrected chi connectivity index (χ4v) is 3.10. The molecule has 0 atom stereocenters. The predicted molar refractivity (Wildman–Crippen MR) is 128 cm³/mol. The average molecular weight is 443 g/mol. The molecule has 3 N–H and O–H groups in total. The van der Waals surface area contributed by atoms with Crippen LogP contribution in [-0.2, 0) is 0 Å². The molecule has 0 saturated carbocycles. The number of nitrogens with one attached hydrogen (secondary N) is 1. The summed E-state index contributed by atoms with van der Waals surface area (Å²) in [6, 6.07) is 23.9. The Bertz CT molecular complexity index is 1130. The van der Waals surface area contributed by atoms with Gasteiger partial charge in [-0.2, -0.15) is 0 Å². The van der Waals surface area contributed by atoms with Crippen molar-refractivity contribution >= 4 is 29.4 Å². The molecular formula is C26H26N4O3. The van der Waals surface area contributed by atoms with E-state index in [9.17, 15) is 14.4 Å². The Labute approximate surface area is 192 Å². The van der Waals surface area contributed by atoms with Crippen LogP contribution in [0.25, 0.3) is 0 Å². The van der Waals surface area contributed by atoms with Crippen LogP contribution in [0.3, 0.4) is 0 Å². The Balaban J connectivity index is 2.02. The van der Waals surface area contributed by atoms with Crippen LogP contribution >= 0.6 is 0 Å². The first-order valence-electron chi connectivity index (χ1n) is 10.7. The summed E-state index contributed by atoms with van der Waals surface area (Å²) in [6.45, 7) is 2.39. The molecule has 3 aromatic rings. The quantitative estimate of drug-likeness (QED) is 0.424. The Morgan fingerprint density at radius 1 is 0.818 bits per heavy atom. The predicted octanol–water partition coefficient (Wildman–Crippen LogP) is 4.15. The maximum Gasteiger partial charge on any atom is 0.260 e. The van der Waals surface area contributed by atoms with Crippen molar-refractivity contribution in [1.82, 2.24) is 10.2 Å². The average Bonchev–Trinajstić information content (AvgIpc) is 2.85. The van der Waals surface area contributed by atoms with E-state index in [1.54, 1.807) is 72.8 Å². The summed E-state index contributed by atoms with van der Waals surface area (Å²) in [5.41, 5.74) is 7.05. The Kier molecular flexibility index (Phi) is 8.07. The van der Waals surface area contributed by atoms with E-state index in [-0.39, 0.29) is 17.8 Å². The molecule has 7 heteroatoms. The van der Waals surface area contributed by atoms with Gasteiger partial charge in [0.15, 0.2) is 0 Å². The summed E-state index contributed by atoms with van der Waals surface area (Å²) in [5, 5.41) is 2.80. The van der Waals surface area contributed by atoms with Crippen LogP contribution in [0.4, 0.5) is 5.69 Å². The molecule has 7 nitrogen and oxygen atoms in total. The van der Waals surface area contributed by atoms with Crippen molar-refractivity contribution in [1.29, 1.82) is 0 Å². The van der Waals surface area contributed by atoms with Gasteiger partial charge in [-0.05, 0) is 55.0 Å². The first-order chi connectivity index (χ1) is 16.0. The molecule has 0 aliphatic rings. The van der Waals surface area contributed by atoms with Gasteiger partial charge in [-0.3, -0.25) is 24.6 Å².